The summed E-state index contributed by atoms with van der Waals surface area (Å²) in [6.07, 6.45) is 19.8. The molecule has 3 aromatic carbocycles. The highest BCUT2D eigenvalue weighted by atomic mass is 16.5. The van der Waals surface area contributed by atoms with Gasteiger partial charge in [0.1, 0.15) is 11.5 Å². The fourth-order valence-electron chi connectivity index (χ4n) is 5.33. The van der Waals surface area contributed by atoms with E-state index in [1.807, 2.05) is 55.5 Å². The van der Waals surface area contributed by atoms with Crippen LogP contribution in [0.15, 0.2) is 72.8 Å². The van der Waals surface area contributed by atoms with Gasteiger partial charge in [0.15, 0.2) is 0 Å². The molecule has 0 aromatic heterocycles. The Morgan fingerprint density at radius 1 is 0.545 bits per heavy atom. The van der Waals surface area contributed by atoms with Crippen LogP contribution >= 0.6 is 0 Å². The van der Waals surface area contributed by atoms with Gasteiger partial charge >= 0.3 is 5.97 Å². The van der Waals surface area contributed by atoms with E-state index in [1.54, 1.807) is 12.1 Å². The van der Waals surface area contributed by atoms with Crippen molar-refractivity contribution in [2.45, 2.75) is 123 Å². The number of ether oxygens (including phenoxy) is 3. The van der Waals surface area contributed by atoms with Gasteiger partial charge in [-0.2, -0.15) is 0 Å². The number of hydrogen-bond donors (Lipinski definition) is 0. The fraction of sp³-hybridized carbons (Fsp3) is 0.525. The van der Waals surface area contributed by atoms with E-state index in [2.05, 4.69) is 26.0 Å². The predicted octanol–water partition coefficient (Wildman–Crippen LogP) is 11.9. The zero-order valence-electron chi connectivity index (χ0n) is 27.7. The minimum absolute atomic E-state index is 0.00357. The smallest absolute Gasteiger partial charge is 0.343 e. The number of benzene rings is 3. The molecule has 44 heavy (non-hydrogen) atoms. The van der Waals surface area contributed by atoms with Crippen LogP contribution in [0, 0.1) is 0 Å². The molecule has 0 N–H and O–H groups in total. The van der Waals surface area contributed by atoms with Gasteiger partial charge in [-0.25, -0.2) is 4.79 Å². The SMILES string of the molecule is CCCCCCCCCCCCCCCOc1ccc(-c2ccc(OC(=O)c3ccc(C(C)OCCCC)cc3)cc2)cc1. The maximum atomic E-state index is 12.7. The highest BCUT2D eigenvalue weighted by Crippen LogP contribution is 2.26. The number of hydrogen-bond acceptors (Lipinski definition) is 4. The van der Waals surface area contributed by atoms with Crippen LogP contribution in [0.5, 0.6) is 11.5 Å². The summed E-state index contributed by atoms with van der Waals surface area (Å²) in [7, 11) is 0. The highest BCUT2D eigenvalue weighted by molar-refractivity contribution is 5.91. The van der Waals surface area contributed by atoms with Crippen molar-refractivity contribution >= 4 is 5.97 Å². The number of unbranched alkanes of at least 4 members (excludes halogenated alkanes) is 13. The van der Waals surface area contributed by atoms with Gasteiger partial charge in [-0.3, -0.25) is 0 Å². The molecule has 0 saturated heterocycles. The third-order valence-corrected chi connectivity index (χ3v) is 8.25. The normalized spacial score (nSPS) is 11.8. The molecule has 4 nitrogen and oxygen atoms in total. The Morgan fingerprint density at radius 2 is 1.02 bits per heavy atom. The third kappa shape index (κ3) is 13.7. The van der Waals surface area contributed by atoms with Crippen molar-refractivity contribution < 1.29 is 19.0 Å². The maximum Gasteiger partial charge on any atom is 0.343 e. The van der Waals surface area contributed by atoms with Crippen LogP contribution in [0.4, 0.5) is 0 Å². The lowest BCUT2D eigenvalue weighted by Crippen LogP contribution is -2.09. The minimum Gasteiger partial charge on any atom is -0.494 e. The molecule has 0 aliphatic carbocycles. The van der Waals surface area contributed by atoms with E-state index in [1.165, 1.54) is 77.0 Å². The van der Waals surface area contributed by atoms with Crippen molar-refractivity contribution in [3.63, 3.8) is 0 Å². The van der Waals surface area contributed by atoms with E-state index in [-0.39, 0.29) is 12.1 Å². The second kappa shape index (κ2) is 21.6. The second-order valence-corrected chi connectivity index (χ2v) is 12.0. The van der Waals surface area contributed by atoms with Crippen LogP contribution in [0.3, 0.4) is 0 Å². The molecular formula is C40H56O4. The monoisotopic (exact) mass is 600 g/mol. The van der Waals surface area contributed by atoms with E-state index in [0.717, 1.165) is 54.9 Å². The van der Waals surface area contributed by atoms with Crippen LogP contribution in [-0.2, 0) is 4.74 Å². The summed E-state index contributed by atoms with van der Waals surface area (Å²) < 4.78 is 17.4. The Balaban J connectivity index is 1.30. The quantitative estimate of drug-likeness (QED) is 0.0617. The molecular weight excluding hydrogens is 544 g/mol. The first-order chi connectivity index (χ1) is 21.6. The maximum absolute atomic E-state index is 12.7. The standard InChI is InChI=1S/C40H56O4/c1-4-6-8-9-10-11-12-13-14-15-16-17-18-32-43-38-27-23-35(24-28-38)36-25-29-39(30-26-36)44-40(41)37-21-19-34(20-22-37)33(3)42-31-7-5-2/h19-30,33H,4-18,31-32H2,1-3H3. The Bertz CT molecular complexity index is 1150. The number of carbonyl (C=O) groups excluding carboxylic acids is 1. The Morgan fingerprint density at radius 3 is 1.55 bits per heavy atom. The Hall–Kier alpha value is -3.11. The largest absolute Gasteiger partial charge is 0.494 e. The molecule has 1 atom stereocenters. The van der Waals surface area contributed by atoms with E-state index >= 15 is 0 Å². The second-order valence-electron chi connectivity index (χ2n) is 12.0. The third-order valence-electron chi connectivity index (χ3n) is 8.25. The van der Waals surface area contributed by atoms with Crippen LogP contribution in [0.25, 0.3) is 11.1 Å². The van der Waals surface area contributed by atoms with Gasteiger partial charge in [0, 0.05) is 6.61 Å². The van der Waals surface area contributed by atoms with Crippen molar-refractivity contribution in [1.29, 1.82) is 0 Å². The van der Waals surface area contributed by atoms with Gasteiger partial charge in [-0.15, -0.1) is 0 Å². The first-order valence-electron chi connectivity index (χ1n) is 17.4. The average molecular weight is 601 g/mol. The van der Waals surface area contributed by atoms with Crippen LogP contribution in [0.1, 0.15) is 139 Å². The summed E-state index contributed by atoms with van der Waals surface area (Å²) >= 11 is 0. The minimum atomic E-state index is -0.367. The van der Waals surface area contributed by atoms with Crippen molar-refractivity contribution in [3.05, 3.63) is 83.9 Å². The van der Waals surface area contributed by atoms with Gasteiger partial charge < -0.3 is 14.2 Å². The van der Waals surface area contributed by atoms with Crippen molar-refractivity contribution in [3.8, 4) is 22.6 Å². The van der Waals surface area contributed by atoms with Crippen LogP contribution in [0.2, 0.25) is 0 Å². The van der Waals surface area contributed by atoms with Gasteiger partial charge in [-0.05, 0) is 72.9 Å². The lowest BCUT2D eigenvalue weighted by molar-refractivity contribution is 0.0635. The van der Waals surface area contributed by atoms with E-state index in [4.69, 9.17) is 14.2 Å². The predicted molar refractivity (Wildman–Crippen MR) is 184 cm³/mol. The fourth-order valence-corrected chi connectivity index (χ4v) is 5.33. The van der Waals surface area contributed by atoms with Gasteiger partial charge in [0.05, 0.1) is 18.3 Å². The highest BCUT2D eigenvalue weighted by Gasteiger charge is 2.11. The summed E-state index contributed by atoms with van der Waals surface area (Å²) in [6, 6.07) is 23.3. The number of carbonyl (C=O) groups is 1. The van der Waals surface area contributed by atoms with Crippen molar-refractivity contribution in [2.24, 2.45) is 0 Å². The van der Waals surface area contributed by atoms with E-state index in [9.17, 15) is 4.79 Å². The van der Waals surface area contributed by atoms with Crippen molar-refractivity contribution in [2.75, 3.05) is 13.2 Å². The lowest BCUT2D eigenvalue weighted by Gasteiger charge is -2.13. The van der Waals surface area contributed by atoms with Crippen molar-refractivity contribution in [1.82, 2.24) is 0 Å². The number of rotatable bonds is 23. The molecule has 0 amide bonds. The van der Waals surface area contributed by atoms with E-state index < -0.39 is 0 Å². The number of esters is 1. The molecule has 0 heterocycles. The Kier molecular flexibility index (Phi) is 17.3. The summed E-state index contributed by atoms with van der Waals surface area (Å²) in [4.78, 5) is 12.7. The molecule has 240 valence electrons. The molecule has 0 bridgehead atoms. The molecule has 0 aliphatic heterocycles. The Labute approximate surface area is 267 Å². The molecule has 0 aliphatic rings. The average Bonchev–Trinajstić information content (AvgIpc) is 3.05. The zero-order chi connectivity index (χ0) is 31.2. The molecule has 0 fully saturated rings. The molecule has 0 spiro atoms. The van der Waals surface area contributed by atoms with Gasteiger partial charge in [-0.1, -0.05) is 134 Å². The van der Waals surface area contributed by atoms with E-state index in [0.29, 0.717) is 11.3 Å². The summed E-state index contributed by atoms with van der Waals surface area (Å²) in [5, 5.41) is 0. The zero-order valence-corrected chi connectivity index (χ0v) is 27.7. The van der Waals surface area contributed by atoms with Gasteiger partial charge in [0.2, 0.25) is 0 Å². The first kappa shape index (κ1) is 35.4. The summed E-state index contributed by atoms with van der Waals surface area (Å²) in [5.41, 5.74) is 3.74. The molecule has 4 heteroatoms. The molecule has 0 saturated carbocycles. The first-order valence-corrected chi connectivity index (χ1v) is 17.4. The van der Waals surface area contributed by atoms with Gasteiger partial charge in [0.25, 0.3) is 0 Å². The molecule has 3 rings (SSSR count). The molecule has 0 radical (unpaired) electrons. The molecule has 1 unspecified atom stereocenters. The lowest BCUT2D eigenvalue weighted by atomic mass is 10.0. The van der Waals surface area contributed by atoms with Crippen LogP contribution in [-0.4, -0.2) is 19.2 Å². The van der Waals surface area contributed by atoms with Crippen LogP contribution < -0.4 is 9.47 Å². The molecule has 3 aromatic rings. The summed E-state index contributed by atoms with van der Waals surface area (Å²) in [6.45, 7) is 7.98. The topological polar surface area (TPSA) is 44.8 Å². The summed E-state index contributed by atoms with van der Waals surface area (Å²) in [5.74, 6) is 1.07.